The molecule has 0 unspecified atom stereocenters. The second-order valence-electron chi connectivity index (χ2n) is 8.85. The van der Waals surface area contributed by atoms with Gasteiger partial charge in [-0.2, -0.15) is 0 Å². The molecular formula is C30H31N5O3. The van der Waals surface area contributed by atoms with Crippen molar-refractivity contribution in [1.29, 1.82) is 0 Å². The van der Waals surface area contributed by atoms with E-state index >= 15 is 0 Å². The Hall–Kier alpha value is -4.59. The first-order valence-corrected chi connectivity index (χ1v) is 12.5. The topological polar surface area (TPSA) is 98.5 Å². The van der Waals surface area contributed by atoms with Crippen molar-refractivity contribution < 1.29 is 9.63 Å². The van der Waals surface area contributed by atoms with Crippen molar-refractivity contribution in [2.24, 2.45) is 5.16 Å². The highest BCUT2D eigenvalue weighted by Gasteiger charge is 2.16. The number of hydrogen-bond donors (Lipinski definition) is 1. The number of nitrogens with zero attached hydrogens (tertiary/aromatic N) is 4. The van der Waals surface area contributed by atoms with Gasteiger partial charge >= 0.3 is 0 Å². The predicted octanol–water partition coefficient (Wildman–Crippen LogP) is 4.26. The number of aromatic nitrogens is 3. The highest BCUT2D eigenvalue weighted by atomic mass is 16.6. The monoisotopic (exact) mass is 509 g/mol. The third kappa shape index (κ3) is 6.03. The van der Waals surface area contributed by atoms with Crippen LogP contribution >= 0.6 is 0 Å². The molecule has 2 heterocycles. The zero-order chi connectivity index (χ0) is 26.9. The number of carbonyl (C=O) groups is 1. The summed E-state index contributed by atoms with van der Waals surface area (Å²) in [6, 6.07) is 21.4. The summed E-state index contributed by atoms with van der Waals surface area (Å²) < 4.78 is 1.71. The molecule has 1 N–H and O–H groups in total. The largest absolute Gasteiger partial charge is 0.397 e. The lowest BCUT2D eigenvalue weighted by molar-refractivity contribution is -0.108. The molecule has 0 fully saturated rings. The maximum absolute atomic E-state index is 13.7. The minimum Gasteiger partial charge on any atom is -0.397 e. The van der Waals surface area contributed by atoms with Crippen LogP contribution in [0.5, 0.6) is 0 Å². The summed E-state index contributed by atoms with van der Waals surface area (Å²) in [5.74, 6) is 1.02. The van der Waals surface area contributed by atoms with E-state index in [0.29, 0.717) is 36.6 Å². The molecule has 0 aliphatic carbocycles. The fourth-order valence-electron chi connectivity index (χ4n) is 4.47. The van der Waals surface area contributed by atoms with E-state index in [9.17, 15) is 9.59 Å². The SMILES string of the molecule is CCCc1nc(C)n(Cc2ccccn2)c(=O)c1Cc1ccc(-c2ccccc2/C(=N/OC)NC=O)cc1. The van der Waals surface area contributed by atoms with Crippen LogP contribution in [0.25, 0.3) is 11.1 Å². The van der Waals surface area contributed by atoms with Crippen molar-refractivity contribution in [1.82, 2.24) is 19.9 Å². The van der Waals surface area contributed by atoms with Gasteiger partial charge in [0.25, 0.3) is 5.56 Å². The van der Waals surface area contributed by atoms with E-state index in [4.69, 9.17) is 9.82 Å². The lowest BCUT2D eigenvalue weighted by Crippen LogP contribution is -2.30. The lowest BCUT2D eigenvalue weighted by atomic mass is 9.96. The van der Waals surface area contributed by atoms with Gasteiger partial charge in [-0.3, -0.25) is 19.1 Å². The highest BCUT2D eigenvalue weighted by Crippen LogP contribution is 2.25. The average molecular weight is 510 g/mol. The molecule has 0 saturated carbocycles. The Bertz CT molecular complexity index is 1480. The summed E-state index contributed by atoms with van der Waals surface area (Å²) >= 11 is 0. The van der Waals surface area contributed by atoms with Gasteiger partial charge in [0, 0.05) is 23.7 Å². The van der Waals surface area contributed by atoms with Crippen LogP contribution in [-0.4, -0.2) is 33.9 Å². The number of rotatable bonds is 10. The quantitative estimate of drug-likeness (QED) is 0.149. The van der Waals surface area contributed by atoms with Crippen molar-refractivity contribution >= 4 is 12.2 Å². The number of oxime groups is 1. The lowest BCUT2D eigenvalue weighted by Gasteiger charge is -2.15. The summed E-state index contributed by atoms with van der Waals surface area (Å²) in [7, 11) is 1.43. The van der Waals surface area contributed by atoms with Gasteiger partial charge in [0.1, 0.15) is 12.9 Å². The van der Waals surface area contributed by atoms with Crippen LogP contribution in [0.1, 0.15) is 47.2 Å². The molecule has 0 atom stereocenters. The smallest absolute Gasteiger partial charge is 0.257 e. The Kier molecular flexibility index (Phi) is 8.77. The zero-order valence-electron chi connectivity index (χ0n) is 21.8. The van der Waals surface area contributed by atoms with Gasteiger partial charge in [-0.05, 0) is 42.2 Å². The highest BCUT2D eigenvalue weighted by molar-refractivity contribution is 6.08. The van der Waals surface area contributed by atoms with Crippen molar-refractivity contribution in [2.75, 3.05) is 7.11 Å². The van der Waals surface area contributed by atoms with Gasteiger partial charge in [-0.1, -0.05) is 73.1 Å². The standard InChI is InChI=1S/C30H31N5O3/c1-4-9-28-27(30(37)35(21(2)33-28)19-24-10-7-8-17-31-24)18-22-13-15-23(16-14-22)25-11-5-6-12-26(25)29(32-20-36)34-38-3/h5-8,10-17,20H,4,9,18-19H2,1-3H3,(H,32,34,36). The van der Waals surface area contributed by atoms with Crippen LogP contribution in [0.15, 0.2) is 82.9 Å². The van der Waals surface area contributed by atoms with E-state index in [0.717, 1.165) is 46.5 Å². The molecule has 194 valence electrons. The molecule has 0 radical (unpaired) electrons. The molecule has 38 heavy (non-hydrogen) atoms. The van der Waals surface area contributed by atoms with E-state index in [1.54, 1.807) is 10.8 Å². The van der Waals surface area contributed by atoms with Crippen LogP contribution in [-0.2, 0) is 29.0 Å². The Labute approximate surface area is 222 Å². The number of aryl methyl sites for hydroxylation is 2. The number of pyridine rings is 1. The van der Waals surface area contributed by atoms with Crippen LogP contribution in [0.4, 0.5) is 0 Å². The summed E-state index contributed by atoms with van der Waals surface area (Å²) in [6.07, 6.45) is 4.43. The molecule has 4 rings (SSSR count). The molecule has 0 aliphatic rings. The van der Waals surface area contributed by atoms with Gasteiger partial charge in [0.2, 0.25) is 6.41 Å². The summed E-state index contributed by atoms with van der Waals surface area (Å²) in [4.78, 5) is 38.9. The van der Waals surface area contributed by atoms with Crippen LogP contribution in [0.2, 0.25) is 0 Å². The van der Waals surface area contributed by atoms with Crippen LogP contribution in [0.3, 0.4) is 0 Å². The average Bonchev–Trinajstić information content (AvgIpc) is 2.94. The maximum Gasteiger partial charge on any atom is 0.257 e. The normalized spacial score (nSPS) is 11.3. The fourth-order valence-corrected chi connectivity index (χ4v) is 4.47. The summed E-state index contributed by atoms with van der Waals surface area (Å²) in [5, 5.41) is 6.55. The van der Waals surface area contributed by atoms with Gasteiger partial charge in [-0.25, -0.2) is 4.98 Å². The van der Waals surface area contributed by atoms with E-state index in [2.05, 4.69) is 22.4 Å². The van der Waals surface area contributed by atoms with Crippen molar-refractivity contribution in [3.63, 3.8) is 0 Å². The van der Waals surface area contributed by atoms with Gasteiger partial charge in [-0.15, -0.1) is 0 Å². The molecule has 4 aromatic rings. The van der Waals surface area contributed by atoms with E-state index in [1.165, 1.54) is 7.11 Å². The Morgan fingerprint density at radius 3 is 2.53 bits per heavy atom. The number of amides is 1. The third-order valence-corrected chi connectivity index (χ3v) is 6.28. The minimum atomic E-state index is -0.0265. The predicted molar refractivity (Wildman–Crippen MR) is 148 cm³/mol. The molecule has 8 nitrogen and oxygen atoms in total. The van der Waals surface area contributed by atoms with Crippen molar-refractivity contribution in [3.05, 3.63) is 117 Å². The number of hydrogen-bond acceptors (Lipinski definition) is 6. The summed E-state index contributed by atoms with van der Waals surface area (Å²) in [5.41, 5.74) is 5.94. The van der Waals surface area contributed by atoms with E-state index in [-0.39, 0.29) is 5.56 Å². The second-order valence-corrected chi connectivity index (χ2v) is 8.85. The fraction of sp³-hybridized carbons (Fsp3) is 0.233. The number of nitrogens with one attached hydrogen (secondary N) is 1. The number of carbonyl (C=O) groups excluding carboxylic acids is 1. The molecule has 0 bridgehead atoms. The number of benzene rings is 2. The number of amidine groups is 1. The van der Waals surface area contributed by atoms with Gasteiger partial charge < -0.3 is 10.2 Å². The van der Waals surface area contributed by atoms with Crippen LogP contribution < -0.4 is 10.9 Å². The van der Waals surface area contributed by atoms with E-state index in [1.807, 2.05) is 73.7 Å². The molecule has 0 spiro atoms. The first-order chi connectivity index (χ1) is 18.5. The molecular weight excluding hydrogens is 478 g/mol. The first-order valence-electron chi connectivity index (χ1n) is 12.5. The zero-order valence-corrected chi connectivity index (χ0v) is 21.8. The van der Waals surface area contributed by atoms with Crippen molar-refractivity contribution in [2.45, 2.75) is 39.7 Å². The minimum absolute atomic E-state index is 0.0265. The molecule has 2 aromatic heterocycles. The summed E-state index contributed by atoms with van der Waals surface area (Å²) in [6.45, 7) is 4.35. The van der Waals surface area contributed by atoms with E-state index < -0.39 is 0 Å². The Balaban J connectivity index is 1.68. The molecule has 1 amide bonds. The third-order valence-electron chi connectivity index (χ3n) is 6.28. The molecule has 8 heteroatoms. The second kappa shape index (κ2) is 12.6. The molecule has 0 saturated heterocycles. The van der Waals surface area contributed by atoms with Gasteiger partial charge in [0.05, 0.1) is 17.9 Å². The van der Waals surface area contributed by atoms with Gasteiger partial charge in [0.15, 0.2) is 5.84 Å². The van der Waals surface area contributed by atoms with Crippen LogP contribution in [0, 0.1) is 6.92 Å². The maximum atomic E-state index is 13.7. The Morgan fingerprint density at radius 2 is 1.84 bits per heavy atom. The first kappa shape index (κ1) is 26.5. The Morgan fingerprint density at radius 1 is 1.08 bits per heavy atom. The van der Waals surface area contributed by atoms with Crippen molar-refractivity contribution in [3.8, 4) is 11.1 Å². The molecule has 2 aromatic carbocycles. The molecule has 0 aliphatic heterocycles.